The molecule has 122 valence electrons. The van der Waals surface area contributed by atoms with Gasteiger partial charge in [0.1, 0.15) is 5.82 Å². The van der Waals surface area contributed by atoms with Gasteiger partial charge < -0.3 is 10.2 Å². The van der Waals surface area contributed by atoms with Gasteiger partial charge in [0.2, 0.25) is 0 Å². The summed E-state index contributed by atoms with van der Waals surface area (Å²) in [6, 6.07) is 3.80. The minimum Gasteiger partial charge on any atom is -0.324 e. The van der Waals surface area contributed by atoms with Crippen molar-refractivity contribution in [2.75, 3.05) is 18.4 Å². The molecule has 1 saturated heterocycles. The second-order valence-corrected chi connectivity index (χ2v) is 7.15. The van der Waals surface area contributed by atoms with Crippen LogP contribution < -0.4 is 5.32 Å². The molecular formula is C17H23N5O. The molecule has 0 radical (unpaired) electrons. The zero-order chi connectivity index (χ0) is 16.0. The number of carbonyl (C=O) groups is 1. The van der Waals surface area contributed by atoms with Crippen LogP contribution in [0.25, 0.3) is 5.65 Å². The normalized spacial score (nSPS) is 23.7. The SMILES string of the molecule is CC(C)c1nnc2ccc(NC(=O)N3C[C@H]4CCC[C@H]4C3)cn12. The highest BCUT2D eigenvalue weighted by molar-refractivity contribution is 5.89. The molecular weight excluding hydrogens is 290 g/mol. The second kappa shape index (κ2) is 5.51. The van der Waals surface area contributed by atoms with E-state index < -0.39 is 0 Å². The van der Waals surface area contributed by atoms with Crippen molar-refractivity contribution in [1.82, 2.24) is 19.5 Å². The maximum atomic E-state index is 12.5. The van der Waals surface area contributed by atoms with Crippen LogP contribution in [0.5, 0.6) is 0 Å². The molecule has 1 aliphatic heterocycles. The van der Waals surface area contributed by atoms with Crippen molar-refractivity contribution >= 4 is 17.4 Å². The Balaban J connectivity index is 1.51. The van der Waals surface area contributed by atoms with Crippen LogP contribution in [0.4, 0.5) is 10.5 Å². The molecule has 23 heavy (non-hydrogen) atoms. The summed E-state index contributed by atoms with van der Waals surface area (Å²) in [6.45, 7) is 5.99. The van der Waals surface area contributed by atoms with Gasteiger partial charge in [-0.2, -0.15) is 0 Å². The summed E-state index contributed by atoms with van der Waals surface area (Å²) < 4.78 is 1.96. The van der Waals surface area contributed by atoms with Crippen LogP contribution in [0.3, 0.4) is 0 Å². The quantitative estimate of drug-likeness (QED) is 0.926. The highest BCUT2D eigenvalue weighted by Crippen LogP contribution is 2.37. The number of rotatable bonds is 2. The van der Waals surface area contributed by atoms with Gasteiger partial charge in [-0.3, -0.25) is 4.40 Å². The number of hydrogen-bond acceptors (Lipinski definition) is 3. The fourth-order valence-corrected chi connectivity index (χ4v) is 3.98. The summed E-state index contributed by atoms with van der Waals surface area (Å²) in [5.74, 6) is 2.63. The van der Waals surface area contributed by atoms with Gasteiger partial charge in [-0.25, -0.2) is 4.79 Å². The number of hydrogen-bond donors (Lipinski definition) is 1. The smallest absolute Gasteiger partial charge is 0.321 e. The van der Waals surface area contributed by atoms with Gasteiger partial charge >= 0.3 is 6.03 Å². The lowest BCUT2D eigenvalue weighted by Crippen LogP contribution is -2.33. The van der Waals surface area contributed by atoms with Gasteiger partial charge in [0.15, 0.2) is 5.65 Å². The predicted molar refractivity (Wildman–Crippen MR) is 88.5 cm³/mol. The van der Waals surface area contributed by atoms with Crippen molar-refractivity contribution in [2.45, 2.75) is 39.0 Å². The highest BCUT2D eigenvalue weighted by Gasteiger charge is 2.38. The number of likely N-dealkylation sites (tertiary alicyclic amines) is 1. The van der Waals surface area contributed by atoms with Crippen molar-refractivity contribution in [3.8, 4) is 0 Å². The molecule has 1 aliphatic carbocycles. The molecule has 0 unspecified atom stereocenters. The Morgan fingerprint density at radius 3 is 2.65 bits per heavy atom. The number of aromatic nitrogens is 3. The van der Waals surface area contributed by atoms with Crippen molar-refractivity contribution < 1.29 is 4.79 Å². The van der Waals surface area contributed by atoms with Crippen LogP contribution in [0.1, 0.15) is 44.9 Å². The van der Waals surface area contributed by atoms with Crippen LogP contribution >= 0.6 is 0 Å². The minimum absolute atomic E-state index is 0.0120. The van der Waals surface area contributed by atoms with E-state index >= 15 is 0 Å². The predicted octanol–water partition coefficient (Wildman–Crippen LogP) is 3.12. The first-order valence-corrected chi connectivity index (χ1v) is 8.52. The number of carbonyl (C=O) groups excluding carboxylic acids is 1. The van der Waals surface area contributed by atoms with Crippen LogP contribution in [-0.2, 0) is 0 Å². The molecule has 0 spiro atoms. The molecule has 2 aliphatic rings. The molecule has 0 bridgehead atoms. The standard InChI is InChI=1S/C17H23N5O/c1-11(2)16-20-19-15-7-6-14(10-22(15)16)18-17(23)21-8-12-4-3-5-13(12)9-21/h6-7,10-13H,3-5,8-9H2,1-2H3,(H,18,23)/t12-,13+. The summed E-state index contributed by atoms with van der Waals surface area (Å²) in [6.07, 6.45) is 5.80. The maximum absolute atomic E-state index is 12.5. The first-order chi connectivity index (χ1) is 11.1. The summed E-state index contributed by atoms with van der Waals surface area (Å²) >= 11 is 0. The van der Waals surface area contributed by atoms with E-state index in [2.05, 4.69) is 29.4 Å². The molecule has 6 heteroatoms. The molecule has 2 aromatic rings. The first kappa shape index (κ1) is 14.5. The molecule has 2 fully saturated rings. The Hall–Kier alpha value is -2.11. The van der Waals surface area contributed by atoms with Crippen LogP contribution in [0, 0.1) is 11.8 Å². The van der Waals surface area contributed by atoms with E-state index in [4.69, 9.17) is 0 Å². The lowest BCUT2D eigenvalue weighted by molar-refractivity contribution is 0.219. The first-order valence-electron chi connectivity index (χ1n) is 8.52. The van der Waals surface area contributed by atoms with Crippen molar-refractivity contribution in [3.05, 3.63) is 24.2 Å². The number of fused-ring (bicyclic) bond motifs is 2. The largest absolute Gasteiger partial charge is 0.324 e. The third kappa shape index (κ3) is 2.56. The molecule has 2 atom stereocenters. The van der Waals surface area contributed by atoms with Crippen molar-refractivity contribution in [3.63, 3.8) is 0 Å². The van der Waals surface area contributed by atoms with Gasteiger partial charge in [0.25, 0.3) is 0 Å². The Labute approximate surface area is 135 Å². The Morgan fingerprint density at radius 2 is 1.96 bits per heavy atom. The molecule has 4 rings (SSSR count). The molecule has 6 nitrogen and oxygen atoms in total. The topological polar surface area (TPSA) is 62.5 Å². The number of pyridine rings is 1. The zero-order valence-corrected chi connectivity index (χ0v) is 13.7. The van der Waals surface area contributed by atoms with E-state index in [0.29, 0.717) is 11.8 Å². The van der Waals surface area contributed by atoms with E-state index in [1.54, 1.807) is 0 Å². The lowest BCUT2D eigenvalue weighted by atomic mass is 10.0. The highest BCUT2D eigenvalue weighted by atomic mass is 16.2. The molecule has 1 saturated carbocycles. The third-order valence-corrected chi connectivity index (χ3v) is 5.21. The Kier molecular flexibility index (Phi) is 3.47. The van der Waals surface area contributed by atoms with E-state index in [9.17, 15) is 4.79 Å². The molecule has 2 aromatic heterocycles. The third-order valence-electron chi connectivity index (χ3n) is 5.21. The van der Waals surface area contributed by atoms with Crippen LogP contribution in [0.2, 0.25) is 0 Å². The molecule has 3 heterocycles. The summed E-state index contributed by atoms with van der Waals surface area (Å²) in [5, 5.41) is 11.4. The van der Waals surface area contributed by atoms with Crippen LogP contribution in [-0.4, -0.2) is 38.6 Å². The summed E-state index contributed by atoms with van der Waals surface area (Å²) in [4.78, 5) is 14.5. The van der Waals surface area contributed by atoms with Gasteiger partial charge in [-0.1, -0.05) is 20.3 Å². The number of urea groups is 1. The molecule has 2 amide bonds. The van der Waals surface area contributed by atoms with E-state index in [1.807, 2.05) is 27.6 Å². The zero-order valence-electron chi connectivity index (χ0n) is 13.7. The monoisotopic (exact) mass is 313 g/mol. The number of anilines is 1. The minimum atomic E-state index is 0.0120. The fraction of sp³-hybridized carbons (Fsp3) is 0.588. The van der Waals surface area contributed by atoms with Crippen molar-refractivity contribution in [1.29, 1.82) is 0 Å². The summed E-state index contributed by atoms with van der Waals surface area (Å²) in [5.41, 5.74) is 1.60. The van der Waals surface area contributed by atoms with E-state index in [1.165, 1.54) is 19.3 Å². The Morgan fingerprint density at radius 1 is 1.22 bits per heavy atom. The number of amides is 2. The molecule has 0 aromatic carbocycles. The van der Waals surface area contributed by atoms with Gasteiger partial charge in [0.05, 0.1) is 5.69 Å². The number of nitrogens with zero attached hydrogens (tertiary/aromatic N) is 4. The fourth-order valence-electron chi connectivity index (χ4n) is 3.98. The van der Waals surface area contributed by atoms with Gasteiger partial charge in [-0.05, 0) is 36.8 Å². The Bertz CT molecular complexity index is 726. The van der Waals surface area contributed by atoms with Gasteiger partial charge in [0, 0.05) is 25.2 Å². The van der Waals surface area contributed by atoms with E-state index in [-0.39, 0.29) is 11.9 Å². The lowest BCUT2D eigenvalue weighted by Gasteiger charge is -2.18. The average Bonchev–Trinajstić information content (AvgIpc) is 3.20. The average molecular weight is 313 g/mol. The van der Waals surface area contributed by atoms with Crippen LogP contribution in [0.15, 0.2) is 18.3 Å². The van der Waals surface area contributed by atoms with Crippen molar-refractivity contribution in [2.24, 2.45) is 11.8 Å². The second-order valence-electron chi connectivity index (χ2n) is 7.15. The summed E-state index contributed by atoms with van der Waals surface area (Å²) in [7, 11) is 0. The maximum Gasteiger partial charge on any atom is 0.321 e. The number of nitrogens with one attached hydrogen (secondary N) is 1. The van der Waals surface area contributed by atoms with Gasteiger partial charge in [-0.15, -0.1) is 10.2 Å². The van der Waals surface area contributed by atoms with E-state index in [0.717, 1.165) is 30.2 Å². The molecule has 1 N–H and O–H groups in total.